The van der Waals surface area contributed by atoms with Gasteiger partial charge < -0.3 is 10.5 Å². The van der Waals surface area contributed by atoms with Gasteiger partial charge in [0.15, 0.2) is 0 Å². The van der Waals surface area contributed by atoms with Crippen molar-refractivity contribution < 1.29 is 9.53 Å². The second-order valence-corrected chi connectivity index (χ2v) is 7.76. The molecule has 2 N–H and O–H groups in total. The third-order valence-electron chi connectivity index (χ3n) is 5.02. The van der Waals surface area contributed by atoms with Crippen LogP contribution in [-0.2, 0) is 9.53 Å². The van der Waals surface area contributed by atoms with Crippen molar-refractivity contribution in [1.29, 1.82) is 0 Å². The highest BCUT2D eigenvalue weighted by atomic mass is 16.5. The van der Waals surface area contributed by atoms with E-state index in [-0.39, 0.29) is 5.97 Å². The molecule has 0 bridgehead atoms. The van der Waals surface area contributed by atoms with Crippen molar-refractivity contribution in [2.75, 3.05) is 13.2 Å². The van der Waals surface area contributed by atoms with Crippen LogP contribution in [-0.4, -0.2) is 19.1 Å². The molecule has 0 saturated heterocycles. The Balaban J connectivity index is 3.12. The van der Waals surface area contributed by atoms with Crippen molar-refractivity contribution in [3.8, 4) is 0 Å². The topological polar surface area (TPSA) is 52.3 Å². The number of ether oxygens (including phenoxy) is 1. The summed E-state index contributed by atoms with van der Waals surface area (Å²) in [5.41, 5.74) is 5.30. The fourth-order valence-corrected chi connectivity index (χ4v) is 3.29. The van der Waals surface area contributed by atoms with E-state index < -0.39 is 0 Å². The SMILES string of the molecule is CCCCCCCC/C=C/CCCCCCCCCCCC(=O)OCCN. The molecule has 27 heavy (non-hydrogen) atoms. The standard InChI is InChI=1S/C24H47NO2/c1-2-3-4-5-6-7-8-9-10-11-12-13-14-15-16-17-18-19-20-21-24(26)27-23-22-25/h9-10H,2-8,11-23,25H2,1H3/b10-9+. The predicted octanol–water partition coefficient (Wildman–Crippen LogP) is 7.09. The lowest BCUT2D eigenvalue weighted by molar-refractivity contribution is -0.143. The average molecular weight is 382 g/mol. The predicted molar refractivity (Wildman–Crippen MR) is 118 cm³/mol. The van der Waals surface area contributed by atoms with Gasteiger partial charge in [0.05, 0.1) is 0 Å². The molecule has 0 aliphatic carbocycles. The molecule has 0 unspecified atom stereocenters. The molecule has 0 aliphatic rings. The molecular formula is C24H47NO2. The highest BCUT2D eigenvalue weighted by molar-refractivity contribution is 5.69. The molecule has 0 aliphatic heterocycles. The van der Waals surface area contributed by atoms with E-state index in [1.54, 1.807) is 0 Å². The van der Waals surface area contributed by atoms with E-state index in [0.717, 1.165) is 12.8 Å². The van der Waals surface area contributed by atoms with E-state index in [1.165, 1.54) is 96.3 Å². The summed E-state index contributed by atoms with van der Waals surface area (Å²) in [4.78, 5) is 11.3. The average Bonchev–Trinajstić information content (AvgIpc) is 2.68. The summed E-state index contributed by atoms with van der Waals surface area (Å²) in [7, 11) is 0. The van der Waals surface area contributed by atoms with E-state index in [9.17, 15) is 4.79 Å². The third-order valence-corrected chi connectivity index (χ3v) is 5.02. The van der Waals surface area contributed by atoms with Crippen LogP contribution in [0.1, 0.15) is 122 Å². The van der Waals surface area contributed by atoms with Gasteiger partial charge in [0.2, 0.25) is 0 Å². The maximum absolute atomic E-state index is 11.3. The molecule has 0 amide bonds. The van der Waals surface area contributed by atoms with E-state index in [4.69, 9.17) is 10.5 Å². The molecule has 0 rings (SSSR count). The first-order chi connectivity index (χ1) is 13.3. The van der Waals surface area contributed by atoms with Gasteiger partial charge in [-0.05, 0) is 32.1 Å². The van der Waals surface area contributed by atoms with E-state index in [0.29, 0.717) is 19.6 Å². The van der Waals surface area contributed by atoms with Crippen LogP contribution < -0.4 is 5.73 Å². The van der Waals surface area contributed by atoms with Crippen LogP contribution >= 0.6 is 0 Å². The highest BCUT2D eigenvalue weighted by Crippen LogP contribution is 2.12. The summed E-state index contributed by atoms with van der Waals surface area (Å²) in [5.74, 6) is -0.0959. The number of esters is 1. The van der Waals surface area contributed by atoms with Crippen LogP contribution in [0.5, 0.6) is 0 Å². The molecule has 0 aromatic rings. The summed E-state index contributed by atoms with van der Waals surface area (Å²) in [6.45, 7) is 3.05. The van der Waals surface area contributed by atoms with Gasteiger partial charge in [0, 0.05) is 13.0 Å². The Morgan fingerprint density at radius 2 is 1.15 bits per heavy atom. The minimum atomic E-state index is -0.0959. The van der Waals surface area contributed by atoms with Crippen molar-refractivity contribution in [2.24, 2.45) is 5.73 Å². The zero-order chi connectivity index (χ0) is 19.8. The van der Waals surface area contributed by atoms with Crippen molar-refractivity contribution in [1.82, 2.24) is 0 Å². The smallest absolute Gasteiger partial charge is 0.305 e. The number of hydrogen-bond donors (Lipinski definition) is 1. The molecule has 0 saturated carbocycles. The second kappa shape index (κ2) is 23.2. The maximum Gasteiger partial charge on any atom is 0.305 e. The number of carbonyl (C=O) groups excluding carboxylic acids is 1. The van der Waals surface area contributed by atoms with Gasteiger partial charge >= 0.3 is 5.97 Å². The van der Waals surface area contributed by atoms with E-state index in [2.05, 4.69) is 19.1 Å². The quantitative estimate of drug-likeness (QED) is 0.131. The summed E-state index contributed by atoms with van der Waals surface area (Å²) in [5, 5.41) is 0. The monoisotopic (exact) mass is 381 g/mol. The molecule has 0 fully saturated rings. The Hall–Kier alpha value is -0.830. The molecule has 0 spiro atoms. The molecule has 0 radical (unpaired) electrons. The van der Waals surface area contributed by atoms with E-state index >= 15 is 0 Å². The van der Waals surface area contributed by atoms with Crippen molar-refractivity contribution >= 4 is 5.97 Å². The number of unbranched alkanes of at least 4 members (excludes halogenated alkanes) is 15. The molecule has 3 nitrogen and oxygen atoms in total. The number of hydrogen-bond acceptors (Lipinski definition) is 3. The number of rotatable bonds is 21. The molecule has 0 aromatic heterocycles. The minimum Gasteiger partial charge on any atom is -0.464 e. The Kier molecular flexibility index (Phi) is 22.5. The molecule has 3 heteroatoms. The minimum absolute atomic E-state index is 0.0959. The van der Waals surface area contributed by atoms with Crippen LogP contribution in [0.3, 0.4) is 0 Å². The molecule has 0 aromatic carbocycles. The van der Waals surface area contributed by atoms with Crippen LogP contribution in [0, 0.1) is 0 Å². The fourth-order valence-electron chi connectivity index (χ4n) is 3.29. The Labute approximate surface area is 169 Å². The maximum atomic E-state index is 11.3. The summed E-state index contributed by atoms with van der Waals surface area (Å²) in [6.07, 6.45) is 27.7. The third kappa shape index (κ3) is 23.1. The first kappa shape index (κ1) is 26.2. The highest BCUT2D eigenvalue weighted by Gasteiger charge is 2.01. The first-order valence-corrected chi connectivity index (χ1v) is 11.8. The summed E-state index contributed by atoms with van der Waals surface area (Å²) in [6, 6.07) is 0. The lowest BCUT2D eigenvalue weighted by atomic mass is 10.1. The van der Waals surface area contributed by atoms with E-state index in [1.807, 2.05) is 0 Å². The van der Waals surface area contributed by atoms with Crippen LogP contribution in [0.15, 0.2) is 12.2 Å². The number of allylic oxidation sites excluding steroid dienone is 2. The lowest BCUT2D eigenvalue weighted by Gasteiger charge is -2.03. The number of carbonyl (C=O) groups is 1. The molecule has 160 valence electrons. The van der Waals surface area contributed by atoms with Gasteiger partial charge in [0.1, 0.15) is 6.61 Å². The first-order valence-electron chi connectivity index (χ1n) is 11.8. The van der Waals surface area contributed by atoms with Crippen molar-refractivity contribution in [2.45, 2.75) is 122 Å². The Bertz CT molecular complexity index is 328. The van der Waals surface area contributed by atoms with Gasteiger partial charge in [0.25, 0.3) is 0 Å². The van der Waals surface area contributed by atoms with Gasteiger partial charge in [-0.2, -0.15) is 0 Å². The molecule has 0 heterocycles. The zero-order valence-corrected chi connectivity index (χ0v) is 18.2. The van der Waals surface area contributed by atoms with Crippen molar-refractivity contribution in [3.05, 3.63) is 12.2 Å². The normalized spacial score (nSPS) is 11.3. The van der Waals surface area contributed by atoms with Gasteiger partial charge in [-0.3, -0.25) is 4.79 Å². The molecular weight excluding hydrogens is 334 g/mol. The van der Waals surface area contributed by atoms with Gasteiger partial charge in [-0.1, -0.05) is 96.1 Å². The summed E-state index contributed by atoms with van der Waals surface area (Å²) < 4.78 is 4.96. The largest absolute Gasteiger partial charge is 0.464 e. The van der Waals surface area contributed by atoms with Gasteiger partial charge in [-0.15, -0.1) is 0 Å². The molecule has 0 atom stereocenters. The fraction of sp³-hybridized carbons (Fsp3) is 0.875. The number of nitrogens with two attached hydrogens (primary N) is 1. The lowest BCUT2D eigenvalue weighted by Crippen LogP contribution is -2.13. The van der Waals surface area contributed by atoms with Crippen molar-refractivity contribution in [3.63, 3.8) is 0 Å². The van der Waals surface area contributed by atoms with Gasteiger partial charge in [-0.25, -0.2) is 0 Å². The summed E-state index contributed by atoms with van der Waals surface area (Å²) >= 11 is 0. The van der Waals surface area contributed by atoms with Crippen LogP contribution in [0.4, 0.5) is 0 Å². The Morgan fingerprint density at radius 1 is 0.704 bits per heavy atom. The van der Waals surface area contributed by atoms with Crippen LogP contribution in [0.2, 0.25) is 0 Å². The zero-order valence-electron chi connectivity index (χ0n) is 18.2. The Morgan fingerprint density at radius 3 is 1.63 bits per heavy atom. The second-order valence-electron chi connectivity index (χ2n) is 7.76. The van der Waals surface area contributed by atoms with Crippen LogP contribution in [0.25, 0.3) is 0 Å².